The van der Waals surface area contributed by atoms with E-state index in [1.807, 2.05) is 0 Å². The van der Waals surface area contributed by atoms with E-state index in [0.29, 0.717) is 6.04 Å². The van der Waals surface area contributed by atoms with Gasteiger partial charge in [-0.2, -0.15) is 0 Å². The third-order valence-corrected chi connectivity index (χ3v) is 9.60. The molecule has 0 bridgehead atoms. The summed E-state index contributed by atoms with van der Waals surface area (Å²) in [4.78, 5) is 0. The van der Waals surface area contributed by atoms with Crippen LogP contribution in [-0.2, 0) is 18.4 Å². The molecular weight excluding hydrogens is 508 g/mol. The van der Waals surface area contributed by atoms with Crippen LogP contribution in [0.15, 0.2) is 79.4 Å². The lowest BCUT2D eigenvalue weighted by Gasteiger charge is -2.37. The summed E-state index contributed by atoms with van der Waals surface area (Å²) in [5.41, 5.74) is 2.89. The van der Waals surface area contributed by atoms with Gasteiger partial charge in [-0.15, -0.1) is 0 Å². The average Bonchev–Trinajstić information content (AvgIpc) is 3.50. The summed E-state index contributed by atoms with van der Waals surface area (Å²) in [5, 5.41) is 0. The van der Waals surface area contributed by atoms with Crippen molar-refractivity contribution in [1.29, 1.82) is 0 Å². The molecule has 0 amide bonds. The molecule has 1 aromatic heterocycles. The minimum atomic E-state index is 0.0161. The van der Waals surface area contributed by atoms with Crippen LogP contribution in [-0.4, -0.2) is 4.57 Å². The van der Waals surface area contributed by atoms with Crippen LogP contribution in [0, 0.1) is 0 Å². The molecule has 42 heavy (non-hydrogen) atoms. The molecule has 3 rings (SSSR count). The molecule has 0 aliphatic carbocycles. The quantitative estimate of drug-likeness (QED) is 0.0747. The van der Waals surface area contributed by atoms with Gasteiger partial charge in [-0.3, -0.25) is 0 Å². The number of unbranched alkanes of at least 4 members (excludes halogenated alkanes) is 16. The lowest BCUT2D eigenvalue weighted by molar-refractivity contribution is -0.693. The predicted octanol–water partition coefficient (Wildman–Crippen LogP) is 11.6. The summed E-state index contributed by atoms with van der Waals surface area (Å²) >= 11 is 0. The van der Waals surface area contributed by atoms with E-state index >= 15 is 0 Å². The van der Waals surface area contributed by atoms with E-state index in [1.54, 1.807) is 0 Å². The van der Waals surface area contributed by atoms with Crippen LogP contribution in [0.3, 0.4) is 0 Å². The number of rotatable bonds is 24. The Bertz CT molecular complexity index is 1040. The fourth-order valence-corrected chi connectivity index (χ4v) is 6.89. The minimum Gasteiger partial charge on any atom is -0.237 e. The van der Waals surface area contributed by atoms with Crippen LogP contribution >= 0.6 is 0 Å². The third-order valence-electron chi connectivity index (χ3n) is 9.60. The molecule has 1 heterocycles. The van der Waals surface area contributed by atoms with Crippen LogP contribution in [0.1, 0.15) is 154 Å². The first-order chi connectivity index (χ1) is 20.7. The van der Waals surface area contributed by atoms with Crippen LogP contribution < -0.4 is 4.57 Å². The van der Waals surface area contributed by atoms with E-state index in [9.17, 15) is 0 Å². The van der Waals surface area contributed by atoms with Gasteiger partial charge in [0.1, 0.15) is 18.4 Å². The van der Waals surface area contributed by atoms with Crippen molar-refractivity contribution in [2.75, 3.05) is 0 Å². The van der Waals surface area contributed by atoms with Crippen molar-refractivity contribution in [2.45, 2.75) is 161 Å². The Labute approximate surface area is 260 Å². The van der Waals surface area contributed by atoms with Gasteiger partial charge in [-0.1, -0.05) is 177 Å². The molecule has 0 N–H and O–H groups in total. The van der Waals surface area contributed by atoms with Gasteiger partial charge in [0.2, 0.25) is 6.33 Å². The summed E-state index contributed by atoms with van der Waals surface area (Å²) in [5.74, 6) is 0. The monoisotopic (exact) mass is 571 g/mol. The summed E-state index contributed by atoms with van der Waals surface area (Å²) < 4.78 is 4.83. The van der Waals surface area contributed by atoms with E-state index in [1.165, 1.54) is 127 Å². The molecule has 0 spiro atoms. The summed E-state index contributed by atoms with van der Waals surface area (Å²) in [7, 11) is 0. The van der Waals surface area contributed by atoms with E-state index in [4.69, 9.17) is 0 Å². The highest BCUT2D eigenvalue weighted by Gasteiger charge is 2.40. The number of hydrogen-bond donors (Lipinski definition) is 0. The molecule has 2 atom stereocenters. The van der Waals surface area contributed by atoms with E-state index in [-0.39, 0.29) is 5.41 Å². The molecule has 2 unspecified atom stereocenters. The highest BCUT2D eigenvalue weighted by atomic mass is 15.1. The molecule has 2 nitrogen and oxygen atoms in total. The Morgan fingerprint density at radius 1 is 0.619 bits per heavy atom. The second-order valence-electron chi connectivity index (χ2n) is 13.1. The number of aryl methyl sites for hydroxylation is 1. The third kappa shape index (κ3) is 12.1. The highest BCUT2D eigenvalue weighted by Crippen LogP contribution is 2.41. The smallest absolute Gasteiger partial charge is 0.237 e. The average molecular weight is 572 g/mol. The van der Waals surface area contributed by atoms with Gasteiger partial charge in [-0.05, 0) is 37.3 Å². The number of aromatic nitrogens is 2. The first kappa shape index (κ1) is 34.1. The van der Waals surface area contributed by atoms with Crippen molar-refractivity contribution < 1.29 is 4.57 Å². The number of imidazole rings is 1. The molecule has 0 fully saturated rings. The normalized spacial score (nSPS) is 13.7. The molecule has 2 aromatic carbocycles. The molecule has 0 aliphatic heterocycles. The summed E-state index contributed by atoms with van der Waals surface area (Å²) in [6.07, 6.45) is 33.3. The van der Waals surface area contributed by atoms with Crippen molar-refractivity contribution >= 4 is 0 Å². The maximum absolute atomic E-state index is 2.52. The van der Waals surface area contributed by atoms with Crippen molar-refractivity contribution in [3.05, 3.63) is 90.5 Å². The fraction of sp³-hybridized carbons (Fsp3) is 0.625. The second kappa shape index (κ2) is 20.5. The molecule has 0 saturated carbocycles. The molecule has 0 radical (unpaired) electrons. The Morgan fingerprint density at radius 2 is 1.10 bits per heavy atom. The maximum atomic E-state index is 2.52. The summed E-state index contributed by atoms with van der Waals surface area (Å²) in [6.45, 7) is 8.05. The van der Waals surface area contributed by atoms with E-state index in [2.05, 4.69) is 109 Å². The summed E-state index contributed by atoms with van der Waals surface area (Å²) in [6, 6.07) is 22.8. The van der Waals surface area contributed by atoms with Crippen molar-refractivity contribution in [1.82, 2.24) is 4.57 Å². The molecule has 232 valence electrons. The first-order valence-electron chi connectivity index (χ1n) is 17.8. The lowest BCUT2D eigenvalue weighted by Crippen LogP contribution is -2.37. The Hall–Kier alpha value is -2.35. The largest absolute Gasteiger partial charge is 0.243 e. The molecule has 3 aromatic rings. The zero-order chi connectivity index (χ0) is 29.7. The minimum absolute atomic E-state index is 0.0161. The van der Waals surface area contributed by atoms with Gasteiger partial charge in [0.15, 0.2) is 0 Å². The zero-order valence-corrected chi connectivity index (χ0v) is 27.6. The Morgan fingerprint density at radius 3 is 1.57 bits per heavy atom. The van der Waals surface area contributed by atoms with Gasteiger partial charge < -0.3 is 0 Å². The van der Waals surface area contributed by atoms with E-state index in [0.717, 1.165) is 13.0 Å². The molecular formula is C40H63N2+. The van der Waals surface area contributed by atoms with Gasteiger partial charge >= 0.3 is 0 Å². The standard InChI is InChI=1S/C40H63N2/c1-4-6-7-8-9-10-11-12-13-14-15-16-17-18-19-20-27-32-39(42-34-33-41(5-2)36-42)40(3,38-30-25-22-26-31-38)35-37-28-23-21-24-29-37/h21-26,28-31,33-34,36,39H,4-20,27,32,35H2,1-3H3/q+1. The lowest BCUT2D eigenvalue weighted by atomic mass is 9.70. The van der Waals surface area contributed by atoms with Crippen LogP contribution in [0.2, 0.25) is 0 Å². The molecule has 0 aliphatic rings. The highest BCUT2D eigenvalue weighted by molar-refractivity contribution is 5.30. The zero-order valence-electron chi connectivity index (χ0n) is 27.6. The molecule has 0 saturated heterocycles. The van der Waals surface area contributed by atoms with Crippen molar-refractivity contribution in [3.63, 3.8) is 0 Å². The number of nitrogens with zero attached hydrogens (tertiary/aromatic N) is 2. The predicted molar refractivity (Wildman–Crippen MR) is 182 cm³/mol. The van der Waals surface area contributed by atoms with Crippen LogP contribution in [0.5, 0.6) is 0 Å². The Kier molecular flexibility index (Phi) is 16.7. The maximum Gasteiger partial charge on any atom is 0.243 e. The fourth-order valence-electron chi connectivity index (χ4n) is 6.89. The second-order valence-corrected chi connectivity index (χ2v) is 13.1. The van der Waals surface area contributed by atoms with Crippen molar-refractivity contribution in [3.8, 4) is 0 Å². The van der Waals surface area contributed by atoms with Gasteiger partial charge in [0.25, 0.3) is 0 Å². The van der Waals surface area contributed by atoms with Crippen LogP contribution in [0.25, 0.3) is 0 Å². The number of benzene rings is 2. The van der Waals surface area contributed by atoms with Crippen LogP contribution in [0.4, 0.5) is 0 Å². The van der Waals surface area contributed by atoms with Gasteiger partial charge in [0, 0.05) is 5.41 Å². The van der Waals surface area contributed by atoms with Gasteiger partial charge in [-0.25, -0.2) is 9.13 Å². The number of hydrogen-bond acceptors (Lipinski definition) is 0. The van der Waals surface area contributed by atoms with Gasteiger partial charge in [0.05, 0.1) is 6.54 Å². The Balaban J connectivity index is 1.43. The topological polar surface area (TPSA) is 8.81 Å². The van der Waals surface area contributed by atoms with E-state index < -0.39 is 0 Å². The molecule has 2 heteroatoms. The first-order valence-corrected chi connectivity index (χ1v) is 17.8. The SMILES string of the molecule is CCCCCCCCCCCCCCCCCCCC(n1cc[n+](CC)c1)C(C)(Cc1ccccc1)c1ccccc1. The van der Waals surface area contributed by atoms with Crippen molar-refractivity contribution in [2.24, 2.45) is 0 Å².